The van der Waals surface area contributed by atoms with Crippen LogP contribution >= 0.6 is 0 Å². The fourth-order valence-electron chi connectivity index (χ4n) is 3.07. The monoisotopic (exact) mass is 444 g/mol. The summed E-state index contributed by atoms with van der Waals surface area (Å²) in [5, 5.41) is 3.96. The lowest BCUT2D eigenvalue weighted by Gasteiger charge is -2.12. The molecule has 3 aromatic carbocycles. The first-order valence-electron chi connectivity index (χ1n) is 10.8. The molecule has 3 rings (SSSR count). The number of hydrogen-bond acceptors (Lipinski definition) is 5. The molecule has 0 heterocycles. The molecule has 0 aromatic heterocycles. The Hall–Kier alpha value is -3.93. The molecule has 0 fully saturated rings. The Morgan fingerprint density at radius 3 is 2.39 bits per heavy atom. The number of aryl methyl sites for hydroxylation is 2. The van der Waals surface area contributed by atoms with E-state index in [0.717, 1.165) is 22.3 Å². The van der Waals surface area contributed by atoms with Crippen LogP contribution in [0, 0.1) is 13.8 Å². The summed E-state index contributed by atoms with van der Waals surface area (Å²) in [4.78, 5) is 24.4. The summed E-state index contributed by atoms with van der Waals surface area (Å²) in [6.45, 7) is 7.89. The van der Waals surface area contributed by atoms with Gasteiger partial charge >= 0.3 is 5.97 Å². The number of benzene rings is 3. The Bertz CT molecular complexity index is 1150. The number of nitrogens with zero attached hydrogens (tertiary/aromatic N) is 1. The summed E-state index contributed by atoms with van der Waals surface area (Å²) in [6, 6.07) is 20.1. The second-order valence-corrected chi connectivity index (χ2v) is 8.03. The van der Waals surface area contributed by atoms with Crippen LogP contribution in [0.3, 0.4) is 0 Å². The van der Waals surface area contributed by atoms with E-state index in [1.165, 1.54) is 6.21 Å². The third-order valence-electron chi connectivity index (χ3n) is 5.10. The van der Waals surface area contributed by atoms with Crippen molar-refractivity contribution in [2.75, 3.05) is 6.61 Å². The molecule has 33 heavy (non-hydrogen) atoms. The molecule has 0 spiro atoms. The maximum absolute atomic E-state index is 12.3. The highest BCUT2D eigenvalue weighted by Crippen LogP contribution is 2.24. The van der Waals surface area contributed by atoms with E-state index in [1.54, 1.807) is 36.4 Å². The number of nitrogens with one attached hydrogen (secondary N) is 1. The van der Waals surface area contributed by atoms with Crippen molar-refractivity contribution in [2.24, 2.45) is 5.10 Å². The fourth-order valence-corrected chi connectivity index (χ4v) is 3.07. The first kappa shape index (κ1) is 23.7. The Balaban J connectivity index is 1.49. The van der Waals surface area contributed by atoms with Crippen LogP contribution in [0.1, 0.15) is 52.4 Å². The summed E-state index contributed by atoms with van der Waals surface area (Å²) in [6.07, 6.45) is 1.51. The van der Waals surface area contributed by atoms with Crippen molar-refractivity contribution in [2.45, 2.75) is 33.6 Å². The van der Waals surface area contributed by atoms with Gasteiger partial charge in [-0.25, -0.2) is 10.2 Å². The van der Waals surface area contributed by atoms with Crippen molar-refractivity contribution in [1.29, 1.82) is 0 Å². The molecule has 6 nitrogen and oxygen atoms in total. The Morgan fingerprint density at radius 2 is 1.70 bits per heavy atom. The van der Waals surface area contributed by atoms with Crippen molar-refractivity contribution >= 4 is 18.1 Å². The Morgan fingerprint density at radius 1 is 0.970 bits per heavy atom. The van der Waals surface area contributed by atoms with E-state index in [9.17, 15) is 9.59 Å². The van der Waals surface area contributed by atoms with Crippen LogP contribution < -0.4 is 14.9 Å². The standard InChI is InChI=1S/C27H28N2O4/c1-18(2)22-12-9-20(4)25(15-22)32-17-26(30)29-28-16-21-10-13-23(14-11-21)33-27(31)24-8-6-5-7-19(24)3/h5-16,18H,17H2,1-4H3,(H,29,30). The van der Waals surface area contributed by atoms with Gasteiger partial charge in [0, 0.05) is 0 Å². The minimum atomic E-state index is -0.407. The zero-order valence-electron chi connectivity index (χ0n) is 19.3. The first-order valence-corrected chi connectivity index (χ1v) is 10.8. The van der Waals surface area contributed by atoms with E-state index in [-0.39, 0.29) is 12.5 Å². The van der Waals surface area contributed by atoms with Gasteiger partial charge < -0.3 is 9.47 Å². The molecule has 0 aliphatic rings. The lowest BCUT2D eigenvalue weighted by atomic mass is 10.0. The topological polar surface area (TPSA) is 77.0 Å². The zero-order chi connectivity index (χ0) is 23.8. The SMILES string of the molecule is Cc1ccc(C(C)C)cc1OCC(=O)NN=Cc1ccc(OC(=O)c2ccccc2C)cc1. The second kappa shape index (κ2) is 11.1. The predicted octanol–water partition coefficient (Wildman–Crippen LogP) is 5.18. The molecule has 0 saturated heterocycles. The van der Waals surface area contributed by atoms with Gasteiger partial charge in [0.15, 0.2) is 6.61 Å². The maximum Gasteiger partial charge on any atom is 0.343 e. The van der Waals surface area contributed by atoms with E-state index in [0.29, 0.717) is 23.0 Å². The quantitative estimate of drug-likeness (QED) is 0.225. The highest BCUT2D eigenvalue weighted by molar-refractivity contribution is 5.92. The Kier molecular flexibility index (Phi) is 7.97. The number of hydrazone groups is 1. The molecule has 0 saturated carbocycles. The largest absolute Gasteiger partial charge is 0.483 e. The summed E-state index contributed by atoms with van der Waals surface area (Å²) in [5.41, 5.74) is 6.70. The molecule has 1 amide bonds. The normalized spacial score (nSPS) is 10.9. The molecule has 1 N–H and O–H groups in total. The fraction of sp³-hybridized carbons (Fsp3) is 0.222. The number of amides is 1. The molecular weight excluding hydrogens is 416 g/mol. The second-order valence-electron chi connectivity index (χ2n) is 8.03. The lowest BCUT2D eigenvalue weighted by molar-refractivity contribution is -0.123. The highest BCUT2D eigenvalue weighted by atomic mass is 16.5. The number of ether oxygens (including phenoxy) is 2. The molecule has 0 atom stereocenters. The zero-order valence-corrected chi connectivity index (χ0v) is 19.3. The van der Waals surface area contributed by atoms with E-state index >= 15 is 0 Å². The predicted molar refractivity (Wildman–Crippen MR) is 129 cm³/mol. The number of rotatable bonds is 8. The van der Waals surface area contributed by atoms with Gasteiger partial charge in [-0.1, -0.05) is 44.2 Å². The average Bonchev–Trinajstić information content (AvgIpc) is 2.79. The van der Waals surface area contributed by atoms with Gasteiger partial charge in [0.05, 0.1) is 11.8 Å². The molecule has 0 aliphatic heterocycles. The third-order valence-corrected chi connectivity index (χ3v) is 5.10. The molecule has 0 radical (unpaired) electrons. The van der Waals surface area contributed by atoms with Crippen LogP contribution in [-0.4, -0.2) is 24.7 Å². The van der Waals surface area contributed by atoms with Crippen LogP contribution in [0.15, 0.2) is 71.8 Å². The minimum absolute atomic E-state index is 0.131. The number of carbonyl (C=O) groups is 2. The van der Waals surface area contributed by atoms with Crippen molar-refractivity contribution in [1.82, 2.24) is 5.43 Å². The van der Waals surface area contributed by atoms with E-state index in [1.807, 2.05) is 38.1 Å². The van der Waals surface area contributed by atoms with Gasteiger partial charge in [-0.05, 0) is 78.4 Å². The molecule has 0 unspecified atom stereocenters. The van der Waals surface area contributed by atoms with Crippen LogP contribution in [0.4, 0.5) is 0 Å². The van der Waals surface area contributed by atoms with Gasteiger partial charge in [0.25, 0.3) is 5.91 Å². The molecular formula is C27H28N2O4. The van der Waals surface area contributed by atoms with Gasteiger partial charge in [-0.2, -0.15) is 5.10 Å². The maximum atomic E-state index is 12.3. The van der Waals surface area contributed by atoms with Crippen LogP contribution in [-0.2, 0) is 4.79 Å². The summed E-state index contributed by atoms with van der Waals surface area (Å²) in [7, 11) is 0. The van der Waals surface area contributed by atoms with Crippen LogP contribution in [0.2, 0.25) is 0 Å². The Labute approximate surface area is 194 Å². The summed E-state index contributed by atoms with van der Waals surface area (Å²) >= 11 is 0. The van der Waals surface area contributed by atoms with Crippen molar-refractivity contribution in [3.8, 4) is 11.5 Å². The smallest absolute Gasteiger partial charge is 0.343 e. The average molecular weight is 445 g/mol. The van der Waals surface area contributed by atoms with Gasteiger partial charge in [0.1, 0.15) is 11.5 Å². The van der Waals surface area contributed by atoms with Crippen molar-refractivity contribution < 1.29 is 19.1 Å². The molecule has 3 aromatic rings. The highest BCUT2D eigenvalue weighted by Gasteiger charge is 2.11. The third kappa shape index (κ3) is 6.77. The van der Waals surface area contributed by atoms with Crippen LogP contribution in [0.25, 0.3) is 0 Å². The number of esters is 1. The van der Waals surface area contributed by atoms with Gasteiger partial charge in [0.2, 0.25) is 0 Å². The number of carbonyl (C=O) groups excluding carboxylic acids is 2. The lowest BCUT2D eigenvalue weighted by Crippen LogP contribution is -2.24. The molecule has 0 bridgehead atoms. The van der Waals surface area contributed by atoms with E-state index in [2.05, 4.69) is 30.4 Å². The van der Waals surface area contributed by atoms with Crippen molar-refractivity contribution in [3.05, 3.63) is 94.5 Å². The van der Waals surface area contributed by atoms with Crippen LogP contribution in [0.5, 0.6) is 11.5 Å². The van der Waals surface area contributed by atoms with Gasteiger partial charge in [-0.3, -0.25) is 4.79 Å². The first-order chi connectivity index (χ1) is 15.8. The molecule has 0 aliphatic carbocycles. The van der Waals surface area contributed by atoms with Crippen molar-refractivity contribution in [3.63, 3.8) is 0 Å². The van der Waals surface area contributed by atoms with E-state index < -0.39 is 5.97 Å². The molecule has 170 valence electrons. The number of hydrogen-bond donors (Lipinski definition) is 1. The minimum Gasteiger partial charge on any atom is -0.483 e. The van der Waals surface area contributed by atoms with E-state index in [4.69, 9.17) is 9.47 Å². The summed E-state index contributed by atoms with van der Waals surface area (Å²) < 4.78 is 11.1. The van der Waals surface area contributed by atoms with Gasteiger partial charge in [-0.15, -0.1) is 0 Å². The summed E-state index contributed by atoms with van der Waals surface area (Å²) in [5.74, 6) is 0.733. The molecule has 6 heteroatoms.